The summed E-state index contributed by atoms with van der Waals surface area (Å²) >= 11 is 13.3. The Labute approximate surface area is 120 Å². The Kier molecular flexibility index (Phi) is 4.95. The van der Waals surface area contributed by atoms with Crippen molar-refractivity contribution < 1.29 is 0 Å². The molecule has 18 heavy (non-hydrogen) atoms. The minimum atomic E-state index is 0.132. The van der Waals surface area contributed by atoms with Gasteiger partial charge in [-0.1, -0.05) is 36.2 Å². The lowest BCUT2D eigenvalue weighted by atomic mass is 10.0. The van der Waals surface area contributed by atoms with Crippen LogP contribution >= 0.6 is 34.9 Å². The van der Waals surface area contributed by atoms with E-state index in [9.17, 15) is 0 Å². The molecule has 1 aromatic carbocycles. The number of nitrogens with one attached hydrogen (secondary N) is 1. The second-order valence-electron chi connectivity index (χ2n) is 3.88. The zero-order chi connectivity index (χ0) is 13.0. The number of likely N-dealkylation sites (N-methyl/N-ethyl adjacent to an activating group) is 1. The number of rotatable bonds is 5. The van der Waals surface area contributed by atoms with Gasteiger partial charge in [-0.05, 0) is 30.7 Å². The normalized spacial score (nSPS) is 12.6. The number of aromatic nitrogens is 2. The number of nitrogens with zero attached hydrogens (tertiary/aromatic N) is 2. The number of hydrogen-bond donors (Lipinski definition) is 1. The molecule has 0 saturated heterocycles. The van der Waals surface area contributed by atoms with Gasteiger partial charge in [-0.3, -0.25) is 0 Å². The summed E-state index contributed by atoms with van der Waals surface area (Å²) in [5, 5.41) is 4.73. The van der Waals surface area contributed by atoms with Gasteiger partial charge in [0.1, 0.15) is 0 Å². The van der Waals surface area contributed by atoms with E-state index in [1.54, 1.807) is 12.3 Å². The Bertz CT molecular complexity index is 502. The summed E-state index contributed by atoms with van der Waals surface area (Å²) < 4.78 is 8.32. The zero-order valence-corrected chi connectivity index (χ0v) is 12.2. The number of benzene rings is 1. The lowest BCUT2D eigenvalue weighted by Gasteiger charge is -2.16. The largest absolute Gasteiger partial charge is 0.309 e. The maximum absolute atomic E-state index is 6.19. The van der Waals surface area contributed by atoms with E-state index in [1.807, 2.05) is 12.1 Å². The van der Waals surface area contributed by atoms with Crippen molar-refractivity contribution in [3.05, 3.63) is 45.7 Å². The lowest BCUT2D eigenvalue weighted by Crippen LogP contribution is -2.23. The minimum absolute atomic E-state index is 0.132. The highest BCUT2D eigenvalue weighted by Gasteiger charge is 2.15. The van der Waals surface area contributed by atoms with E-state index in [0.717, 1.165) is 24.2 Å². The van der Waals surface area contributed by atoms with Gasteiger partial charge in [0.05, 0.1) is 29.7 Å². The predicted molar refractivity (Wildman–Crippen MR) is 76.5 cm³/mol. The van der Waals surface area contributed by atoms with Crippen molar-refractivity contribution in [1.82, 2.24) is 14.1 Å². The fourth-order valence-corrected chi connectivity index (χ4v) is 2.72. The SMILES string of the molecule is CCNC(Cc1ccc(Cl)cc1Cl)c1cnsn1. The van der Waals surface area contributed by atoms with Crippen molar-refractivity contribution in [2.24, 2.45) is 0 Å². The Morgan fingerprint density at radius 1 is 1.39 bits per heavy atom. The summed E-state index contributed by atoms with van der Waals surface area (Å²) in [6, 6.07) is 5.70. The van der Waals surface area contributed by atoms with Crippen molar-refractivity contribution in [1.29, 1.82) is 0 Å². The monoisotopic (exact) mass is 301 g/mol. The van der Waals surface area contributed by atoms with Gasteiger partial charge >= 0.3 is 0 Å². The molecule has 0 radical (unpaired) electrons. The summed E-state index contributed by atoms with van der Waals surface area (Å²) in [4.78, 5) is 0. The molecule has 1 atom stereocenters. The van der Waals surface area contributed by atoms with Gasteiger partial charge in [0, 0.05) is 10.0 Å². The molecule has 0 amide bonds. The third-order valence-corrected chi connectivity index (χ3v) is 3.70. The van der Waals surface area contributed by atoms with Crippen molar-refractivity contribution in [3.8, 4) is 0 Å². The topological polar surface area (TPSA) is 37.8 Å². The van der Waals surface area contributed by atoms with Crippen LogP contribution in [-0.2, 0) is 6.42 Å². The average molecular weight is 302 g/mol. The Morgan fingerprint density at radius 2 is 2.22 bits per heavy atom. The van der Waals surface area contributed by atoms with E-state index in [4.69, 9.17) is 23.2 Å². The smallest absolute Gasteiger partial charge is 0.0915 e. The van der Waals surface area contributed by atoms with Crippen LogP contribution in [0.5, 0.6) is 0 Å². The van der Waals surface area contributed by atoms with Crippen molar-refractivity contribution >= 4 is 34.9 Å². The highest BCUT2D eigenvalue weighted by Crippen LogP contribution is 2.25. The van der Waals surface area contributed by atoms with E-state index in [-0.39, 0.29) is 6.04 Å². The molecule has 0 aliphatic carbocycles. The van der Waals surface area contributed by atoms with E-state index in [2.05, 4.69) is 21.0 Å². The lowest BCUT2D eigenvalue weighted by molar-refractivity contribution is 0.540. The number of halogens is 2. The van der Waals surface area contributed by atoms with Crippen molar-refractivity contribution in [3.63, 3.8) is 0 Å². The third-order valence-electron chi connectivity index (χ3n) is 2.63. The molecule has 2 rings (SSSR count). The van der Waals surface area contributed by atoms with Crippen LogP contribution in [-0.4, -0.2) is 15.3 Å². The average Bonchev–Trinajstić information content (AvgIpc) is 2.85. The molecule has 3 nitrogen and oxygen atoms in total. The molecule has 1 N–H and O–H groups in total. The molecule has 0 fully saturated rings. The fraction of sp³-hybridized carbons (Fsp3) is 0.333. The molecule has 1 heterocycles. The van der Waals surface area contributed by atoms with E-state index in [0.29, 0.717) is 10.0 Å². The van der Waals surface area contributed by atoms with Crippen molar-refractivity contribution in [2.45, 2.75) is 19.4 Å². The second kappa shape index (κ2) is 6.48. The number of hydrogen-bond acceptors (Lipinski definition) is 4. The van der Waals surface area contributed by atoms with Crippen LogP contribution in [0.15, 0.2) is 24.4 Å². The summed E-state index contributed by atoms with van der Waals surface area (Å²) in [7, 11) is 0. The van der Waals surface area contributed by atoms with Crippen LogP contribution in [0.4, 0.5) is 0 Å². The molecule has 0 aliphatic heterocycles. The van der Waals surface area contributed by atoms with Gasteiger partial charge in [0.25, 0.3) is 0 Å². The molecule has 1 unspecified atom stereocenters. The first-order valence-electron chi connectivity index (χ1n) is 5.65. The summed E-state index contributed by atoms with van der Waals surface area (Å²) in [6.45, 7) is 2.93. The summed E-state index contributed by atoms with van der Waals surface area (Å²) in [6.07, 6.45) is 2.57. The van der Waals surface area contributed by atoms with E-state index in [1.165, 1.54) is 11.7 Å². The maximum Gasteiger partial charge on any atom is 0.0915 e. The highest BCUT2D eigenvalue weighted by atomic mass is 35.5. The Hall–Kier alpha value is -0.680. The van der Waals surface area contributed by atoms with Gasteiger partial charge in [-0.25, -0.2) is 0 Å². The minimum Gasteiger partial charge on any atom is -0.309 e. The van der Waals surface area contributed by atoms with Crippen LogP contribution in [0.3, 0.4) is 0 Å². The van der Waals surface area contributed by atoms with Crippen LogP contribution in [0.1, 0.15) is 24.2 Å². The molecule has 0 saturated carbocycles. The van der Waals surface area contributed by atoms with Crippen LogP contribution in [0.2, 0.25) is 10.0 Å². The van der Waals surface area contributed by atoms with Crippen molar-refractivity contribution in [2.75, 3.05) is 6.54 Å². The molecular formula is C12H13Cl2N3S. The van der Waals surface area contributed by atoms with E-state index >= 15 is 0 Å². The van der Waals surface area contributed by atoms with Crippen LogP contribution in [0, 0.1) is 0 Å². The highest BCUT2D eigenvalue weighted by molar-refractivity contribution is 6.99. The zero-order valence-electron chi connectivity index (χ0n) is 9.86. The van der Waals surface area contributed by atoms with E-state index < -0.39 is 0 Å². The summed E-state index contributed by atoms with van der Waals surface area (Å²) in [5.74, 6) is 0. The third kappa shape index (κ3) is 3.42. The molecule has 0 bridgehead atoms. The van der Waals surface area contributed by atoms with Gasteiger partial charge in [-0.15, -0.1) is 0 Å². The first kappa shape index (κ1) is 13.7. The molecule has 2 aromatic rings. The van der Waals surface area contributed by atoms with Gasteiger partial charge in [-0.2, -0.15) is 8.75 Å². The maximum atomic E-state index is 6.19. The standard InChI is InChI=1S/C12H13Cl2N3S/c1-2-15-11(12-7-16-18-17-12)5-8-3-4-9(13)6-10(8)14/h3-4,6-7,11,15H,2,5H2,1H3. The fourth-order valence-electron chi connectivity index (χ4n) is 1.76. The van der Waals surface area contributed by atoms with Crippen LogP contribution < -0.4 is 5.32 Å². The van der Waals surface area contributed by atoms with Crippen LogP contribution in [0.25, 0.3) is 0 Å². The molecule has 6 heteroatoms. The second-order valence-corrected chi connectivity index (χ2v) is 5.28. The Balaban J connectivity index is 2.18. The van der Waals surface area contributed by atoms with Gasteiger partial charge in [0.2, 0.25) is 0 Å². The molecule has 1 aromatic heterocycles. The Morgan fingerprint density at radius 3 is 2.83 bits per heavy atom. The summed E-state index contributed by atoms with van der Waals surface area (Å²) in [5.41, 5.74) is 2.01. The quantitative estimate of drug-likeness (QED) is 0.914. The first-order chi connectivity index (χ1) is 8.70. The van der Waals surface area contributed by atoms with Gasteiger partial charge in [0.15, 0.2) is 0 Å². The first-order valence-corrected chi connectivity index (χ1v) is 7.14. The molecule has 96 valence electrons. The van der Waals surface area contributed by atoms with Gasteiger partial charge < -0.3 is 5.32 Å². The molecule has 0 spiro atoms. The molecular weight excluding hydrogens is 289 g/mol. The molecule has 0 aliphatic rings. The predicted octanol–water partition coefficient (Wildman–Crippen LogP) is 3.74.